The molecule has 2 atom stereocenters. The lowest BCUT2D eigenvalue weighted by atomic mass is 9.93. The molecule has 4 rings (SSSR count). The van der Waals surface area contributed by atoms with Crippen LogP contribution in [0, 0.1) is 11.3 Å². The zero-order valence-electron chi connectivity index (χ0n) is 20.7. The Morgan fingerprint density at radius 3 is 2.97 bits per heavy atom. The molecule has 1 fully saturated rings. The minimum atomic E-state index is -0.666. The number of nitrogens with zero attached hydrogens (tertiary/aromatic N) is 4. The van der Waals surface area contributed by atoms with Gasteiger partial charge in [0.15, 0.2) is 0 Å². The third kappa shape index (κ3) is 5.54. The molecule has 8 nitrogen and oxygen atoms in total. The summed E-state index contributed by atoms with van der Waals surface area (Å²) >= 11 is -0.666. The summed E-state index contributed by atoms with van der Waals surface area (Å²) in [4.78, 5) is 8.55. The Balaban J connectivity index is 1.73. The van der Waals surface area contributed by atoms with E-state index in [0.29, 0.717) is 11.6 Å². The van der Waals surface area contributed by atoms with Crippen molar-refractivity contribution in [3.8, 4) is 0 Å². The summed E-state index contributed by atoms with van der Waals surface area (Å²) in [6, 6.07) is 4.10. The number of rotatable bonds is 4. The zero-order chi connectivity index (χ0) is 24.3. The van der Waals surface area contributed by atoms with Crippen LogP contribution in [0.15, 0.2) is 48.3 Å². The van der Waals surface area contributed by atoms with Gasteiger partial charge in [-0.25, -0.2) is 0 Å². The van der Waals surface area contributed by atoms with Gasteiger partial charge in [-0.3, -0.25) is 10.00 Å². The zero-order valence-corrected chi connectivity index (χ0v) is 21.5. The highest BCUT2D eigenvalue weighted by molar-refractivity contribution is 7.90. The van der Waals surface area contributed by atoms with Gasteiger partial charge in [-0.15, -0.1) is 4.18 Å². The smallest absolute Gasteiger partial charge is 0.309 e. The van der Waals surface area contributed by atoms with Gasteiger partial charge in [0.25, 0.3) is 4.90 Å². The van der Waals surface area contributed by atoms with Crippen LogP contribution >= 0.6 is 0 Å². The molecule has 2 aromatic heterocycles. The number of nitrogens with two attached hydrogens (primary N) is 1. The Labute approximate surface area is 205 Å². The monoisotopic (exact) mass is 483 g/mol. The average molecular weight is 484 g/mol. The Morgan fingerprint density at radius 2 is 2.21 bits per heavy atom. The molecule has 2 aromatic rings. The Hall–Kier alpha value is -2.62. The van der Waals surface area contributed by atoms with Gasteiger partial charge in [0.1, 0.15) is 18.2 Å². The van der Waals surface area contributed by atoms with Crippen molar-refractivity contribution >= 4 is 34.4 Å². The maximum atomic E-state index is 7.63. The first-order valence-corrected chi connectivity index (χ1v) is 13.0. The minimum Gasteiger partial charge on any atom is -0.350 e. The molecular formula is C25H37N7OS+2. The van der Waals surface area contributed by atoms with Gasteiger partial charge >= 0.3 is 11.4 Å². The second-order valence-electron chi connectivity index (χ2n) is 9.76. The van der Waals surface area contributed by atoms with Crippen molar-refractivity contribution in [1.29, 1.82) is 5.41 Å². The number of quaternary nitrogens is 1. The van der Waals surface area contributed by atoms with Gasteiger partial charge in [0.2, 0.25) is 5.82 Å². The van der Waals surface area contributed by atoms with Crippen molar-refractivity contribution in [2.45, 2.75) is 63.4 Å². The second-order valence-corrected chi connectivity index (χ2v) is 11.3. The van der Waals surface area contributed by atoms with Crippen molar-refractivity contribution in [2.24, 2.45) is 5.92 Å². The molecule has 4 heterocycles. The van der Waals surface area contributed by atoms with Crippen molar-refractivity contribution < 1.29 is 9.50 Å². The number of aryl methyl sites for hydroxylation is 1. The fraction of sp³-hybridized carbons (Fsp3) is 0.480. The third-order valence-electron chi connectivity index (χ3n) is 6.51. The number of nitrogens with one attached hydrogen (secondary N) is 2. The topological polar surface area (TPSA) is 95.7 Å². The van der Waals surface area contributed by atoms with Crippen molar-refractivity contribution in [1.82, 2.24) is 19.5 Å². The van der Waals surface area contributed by atoms with E-state index in [2.05, 4.69) is 47.4 Å². The van der Waals surface area contributed by atoms with Crippen LogP contribution in [0.4, 0.5) is 11.6 Å². The fourth-order valence-electron chi connectivity index (χ4n) is 4.87. The largest absolute Gasteiger partial charge is 0.350 e. The van der Waals surface area contributed by atoms with E-state index in [1.807, 2.05) is 28.5 Å². The first kappa shape index (κ1) is 24.5. The second kappa shape index (κ2) is 10.3. The molecule has 1 saturated heterocycles. The minimum absolute atomic E-state index is 0.000875. The highest BCUT2D eigenvalue weighted by Gasteiger charge is 2.40. The number of fused-ring (bicyclic) bond motifs is 6. The van der Waals surface area contributed by atoms with Gasteiger partial charge in [0, 0.05) is 42.0 Å². The predicted octanol–water partition coefficient (Wildman–Crippen LogP) is 3.53. The molecule has 182 valence electrons. The number of pyridine rings is 1. The van der Waals surface area contributed by atoms with E-state index in [1.54, 1.807) is 20.1 Å². The number of hydrogen-bond acceptors (Lipinski definition) is 6. The van der Waals surface area contributed by atoms with Crippen LogP contribution in [0.3, 0.4) is 0 Å². The molecule has 0 spiro atoms. The normalized spacial score (nSPS) is 22.7. The molecule has 9 heteroatoms. The summed E-state index contributed by atoms with van der Waals surface area (Å²) in [7, 11) is 1.71. The quantitative estimate of drug-likeness (QED) is 0.457. The molecule has 4 bridgehead atoms. The van der Waals surface area contributed by atoms with E-state index >= 15 is 0 Å². The Kier molecular flexibility index (Phi) is 7.45. The molecule has 2 aliphatic rings. The van der Waals surface area contributed by atoms with E-state index in [4.69, 9.17) is 14.6 Å². The van der Waals surface area contributed by atoms with Crippen LogP contribution in [-0.2, 0) is 22.1 Å². The van der Waals surface area contributed by atoms with E-state index in [9.17, 15) is 0 Å². The summed E-state index contributed by atoms with van der Waals surface area (Å²) in [6.45, 7) is 12.7. The van der Waals surface area contributed by atoms with Crippen LogP contribution < -0.4 is 14.9 Å². The standard InChI is InChI=1S/C25H36N7OS/c1-18(26)11-12-27-23-10-9-22-19(2)30-34(33-5)21-15-28-31(17-21)13-7-6-8-20-14-25(3,4)32(16-20)24(22)29-23/h9-12,15,17,20,26,30H,2,6-8,13-14,16H2,1,3-5H3,(H,27,29)/q+1/p+1/b12-11-,26-18?. The van der Waals surface area contributed by atoms with E-state index in [0.717, 1.165) is 53.7 Å². The van der Waals surface area contributed by atoms with Crippen LogP contribution in [0.5, 0.6) is 0 Å². The van der Waals surface area contributed by atoms with Crippen molar-refractivity contribution in [2.75, 3.05) is 18.6 Å². The molecule has 2 aliphatic heterocycles. The van der Waals surface area contributed by atoms with Crippen LogP contribution in [-0.4, -0.2) is 39.7 Å². The SMILES string of the molecule is C=C1N[S+](OC)c2cnn(c2)CCCCC2CN(c3nc([NH2+]/C=C\C(C)=N)ccc31)C(C)(C)C2. The highest BCUT2D eigenvalue weighted by atomic mass is 32.2. The Bertz CT molecular complexity index is 1080. The van der Waals surface area contributed by atoms with Crippen LogP contribution in [0.2, 0.25) is 0 Å². The summed E-state index contributed by atoms with van der Waals surface area (Å²) < 4.78 is 11.3. The Morgan fingerprint density at radius 1 is 1.38 bits per heavy atom. The molecule has 4 N–H and O–H groups in total. The summed E-state index contributed by atoms with van der Waals surface area (Å²) in [5.74, 6) is 2.45. The van der Waals surface area contributed by atoms with E-state index in [-0.39, 0.29) is 5.54 Å². The van der Waals surface area contributed by atoms with Gasteiger partial charge in [0.05, 0.1) is 19.0 Å². The fourth-order valence-corrected chi connectivity index (χ4v) is 5.96. The van der Waals surface area contributed by atoms with Crippen molar-refractivity contribution in [3.05, 3.63) is 48.9 Å². The molecule has 34 heavy (non-hydrogen) atoms. The first-order chi connectivity index (χ1) is 16.3. The van der Waals surface area contributed by atoms with Gasteiger partial charge in [-0.1, -0.05) is 13.0 Å². The lowest BCUT2D eigenvalue weighted by Gasteiger charge is -2.34. The summed E-state index contributed by atoms with van der Waals surface area (Å²) in [6.07, 6.45) is 12.3. The first-order valence-electron chi connectivity index (χ1n) is 11.9. The lowest BCUT2D eigenvalue weighted by Crippen LogP contribution is -2.71. The van der Waals surface area contributed by atoms with Crippen LogP contribution in [0.1, 0.15) is 52.0 Å². The summed E-state index contributed by atoms with van der Waals surface area (Å²) in [5, 5.41) is 14.1. The van der Waals surface area contributed by atoms with Crippen molar-refractivity contribution in [3.63, 3.8) is 0 Å². The average Bonchev–Trinajstić information content (AvgIpc) is 3.37. The molecular weight excluding hydrogens is 446 g/mol. The number of hydrogen-bond donors (Lipinski definition) is 3. The number of allylic oxidation sites excluding steroid dienone is 1. The van der Waals surface area contributed by atoms with E-state index in [1.165, 1.54) is 12.8 Å². The maximum Gasteiger partial charge on any atom is 0.309 e. The van der Waals surface area contributed by atoms with Gasteiger partial charge in [-0.05, 0) is 52.0 Å². The molecule has 2 unspecified atom stereocenters. The van der Waals surface area contributed by atoms with E-state index < -0.39 is 11.4 Å². The molecule has 0 aliphatic carbocycles. The lowest BCUT2D eigenvalue weighted by molar-refractivity contribution is -0.500. The third-order valence-corrected chi connectivity index (χ3v) is 7.91. The molecule has 0 saturated carbocycles. The van der Waals surface area contributed by atoms with Gasteiger partial charge in [-0.2, -0.15) is 14.8 Å². The number of anilines is 1. The molecule has 0 radical (unpaired) electrons. The number of aromatic nitrogens is 3. The molecule has 0 aromatic carbocycles. The highest BCUT2D eigenvalue weighted by Crippen LogP contribution is 2.40. The predicted molar refractivity (Wildman–Crippen MR) is 139 cm³/mol. The molecule has 0 amide bonds. The van der Waals surface area contributed by atoms with Gasteiger partial charge < -0.3 is 10.3 Å². The summed E-state index contributed by atoms with van der Waals surface area (Å²) in [5.41, 5.74) is 2.28. The van der Waals surface area contributed by atoms with Crippen LogP contribution in [0.25, 0.3) is 5.70 Å². The maximum absolute atomic E-state index is 7.63.